The lowest BCUT2D eigenvalue weighted by atomic mass is 10.2. The van der Waals surface area contributed by atoms with Crippen molar-refractivity contribution >= 4 is 16.9 Å². The average Bonchev–Trinajstić information content (AvgIpc) is 2.90. The molecule has 2 aromatic rings. The summed E-state index contributed by atoms with van der Waals surface area (Å²) in [6.45, 7) is 11.8. The Balaban J connectivity index is 0.000000615. The number of urea groups is 1. The number of rotatable bonds is 2. The number of nitrogens with zero attached hydrogens (tertiary/aromatic N) is 1. The van der Waals surface area contributed by atoms with E-state index in [0.717, 1.165) is 36.1 Å². The number of fused-ring (bicyclic) bond motifs is 1. The number of carbonyl (C=O) groups is 1. The molecule has 0 spiro atoms. The van der Waals surface area contributed by atoms with Crippen molar-refractivity contribution in [1.29, 1.82) is 0 Å². The molecular formula is C18H28FN3O. The molecule has 0 radical (unpaired) electrons. The summed E-state index contributed by atoms with van der Waals surface area (Å²) in [5.41, 5.74) is 2.39. The lowest BCUT2D eigenvalue weighted by molar-refractivity contribution is 0.167. The third kappa shape index (κ3) is 4.71. The van der Waals surface area contributed by atoms with Crippen LogP contribution in [0.5, 0.6) is 0 Å². The van der Waals surface area contributed by atoms with Crippen molar-refractivity contribution in [2.45, 2.75) is 47.6 Å². The predicted octanol–water partition coefficient (Wildman–Crippen LogP) is 4.58. The molecule has 2 N–H and O–H groups in total. The molecule has 0 saturated carbocycles. The van der Waals surface area contributed by atoms with Gasteiger partial charge in [0.15, 0.2) is 0 Å². The molecule has 5 heteroatoms. The van der Waals surface area contributed by atoms with E-state index in [2.05, 4.69) is 10.3 Å². The minimum absolute atomic E-state index is 0.0349. The summed E-state index contributed by atoms with van der Waals surface area (Å²) in [4.78, 5) is 16.6. The zero-order valence-corrected chi connectivity index (χ0v) is 14.8. The summed E-state index contributed by atoms with van der Waals surface area (Å²) in [6, 6.07) is 5.13. The Morgan fingerprint density at radius 3 is 2.43 bits per heavy atom. The summed E-state index contributed by atoms with van der Waals surface area (Å²) in [5, 5.41) is 3.68. The number of hydrogen-bond acceptors (Lipinski definition) is 1. The number of H-pyrrole nitrogens is 1. The third-order valence-corrected chi connectivity index (χ3v) is 3.53. The average molecular weight is 321 g/mol. The molecule has 1 aromatic heterocycles. The topological polar surface area (TPSA) is 48.1 Å². The molecule has 0 aliphatic carbocycles. The molecule has 23 heavy (non-hydrogen) atoms. The maximum Gasteiger partial charge on any atom is 0.317 e. The van der Waals surface area contributed by atoms with Crippen LogP contribution in [-0.2, 0) is 6.54 Å². The first-order valence-electron chi connectivity index (χ1n) is 8.44. The van der Waals surface area contributed by atoms with E-state index >= 15 is 0 Å². The molecular weight excluding hydrogens is 293 g/mol. The monoisotopic (exact) mass is 321 g/mol. The number of halogens is 1. The quantitative estimate of drug-likeness (QED) is 0.835. The first kappa shape index (κ1) is 19.0. The van der Waals surface area contributed by atoms with Gasteiger partial charge in [0.1, 0.15) is 5.82 Å². The predicted molar refractivity (Wildman–Crippen MR) is 94.1 cm³/mol. The second-order valence-electron chi connectivity index (χ2n) is 4.98. The number of hydrogen-bond donors (Lipinski definition) is 2. The van der Waals surface area contributed by atoms with Crippen LogP contribution in [0.1, 0.15) is 45.4 Å². The van der Waals surface area contributed by atoms with Crippen molar-refractivity contribution in [3.05, 3.63) is 35.3 Å². The van der Waals surface area contributed by atoms with Gasteiger partial charge >= 0.3 is 6.03 Å². The smallest absolute Gasteiger partial charge is 0.317 e. The van der Waals surface area contributed by atoms with Crippen LogP contribution in [0.2, 0.25) is 0 Å². The van der Waals surface area contributed by atoms with Gasteiger partial charge in [-0.15, -0.1) is 0 Å². The van der Waals surface area contributed by atoms with E-state index in [0.29, 0.717) is 12.1 Å². The highest BCUT2D eigenvalue weighted by molar-refractivity contribution is 5.81. The highest BCUT2D eigenvalue weighted by Gasteiger charge is 2.19. The molecule has 0 bridgehead atoms. The largest absolute Gasteiger partial charge is 0.357 e. The number of aromatic nitrogens is 1. The van der Waals surface area contributed by atoms with E-state index in [1.807, 2.05) is 33.8 Å². The molecule has 1 saturated heterocycles. The van der Waals surface area contributed by atoms with Crippen LogP contribution in [-0.4, -0.2) is 29.0 Å². The molecule has 1 aliphatic rings. The van der Waals surface area contributed by atoms with Crippen molar-refractivity contribution in [3.8, 4) is 0 Å². The van der Waals surface area contributed by atoms with Gasteiger partial charge in [-0.25, -0.2) is 9.18 Å². The van der Waals surface area contributed by atoms with Gasteiger partial charge in [0.2, 0.25) is 0 Å². The number of aromatic amines is 1. The van der Waals surface area contributed by atoms with Crippen LogP contribution in [0.3, 0.4) is 0 Å². The standard InChI is InChI=1S/C14H16FN3O.2C2H6/c1-9-5-13-10(7-12(9)15)6-11(17-13)8-16-14(19)18-3-2-4-18;2*1-2/h5-7,17H,2-4,8H2,1H3,(H,16,19);2*1-2H3. The van der Waals surface area contributed by atoms with E-state index in [4.69, 9.17) is 0 Å². The number of likely N-dealkylation sites (tertiary alicyclic amines) is 1. The molecule has 1 fully saturated rings. The second kappa shape index (κ2) is 9.18. The molecule has 0 atom stereocenters. The Bertz CT molecular complexity index is 593. The minimum Gasteiger partial charge on any atom is -0.357 e. The summed E-state index contributed by atoms with van der Waals surface area (Å²) >= 11 is 0. The van der Waals surface area contributed by atoms with Crippen molar-refractivity contribution < 1.29 is 9.18 Å². The fourth-order valence-electron chi connectivity index (χ4n) is 2.22. The first-order valence-corrected chi connectivity index (χ1v) is 8.44. The molecule has 3 rings (SSSR count). The Morgan fingerprint density at radius 1 is 1.22 bits per heavy atom. The van der Waals surface area contributed by atoms with E-state index in [1.165, 1.54) is 6.07 Å². The SMILES string of the molecule is CC.CC.Cc1cc2[nH]c(CNC(=O)N3CCC3)cc2cc1F. The molecule has 2 amide bonds. The van der Waals surface area contributed by atoms with Gasteiger partial charge in [-0.2, -0.15) is 0 Å². The Kier molecular flexibility index (Phi) is 7.59. The van der Waals surface area contributed by atoms with Crippen LogP contribution in [0, 0.1) is 12.7 Å². The first-order chi connectivity index (χ1) is 11.1. The fraction of sp³-hybridized carbons (Fsp3) is 0.500. The number of aryl methyl sites for hydroxylation is 1. The van der Waals surface area contributed by atoms with Gasteiger partial charge < -0.3 is 15.2 Å². The molecule has 128 valence electrons. The van der Waals surface area contributed by atoms with E-state index < -0.39 is 0 Å². The highest BCUT2D eigenvalue weighted by Crippen LogP contribution is 2.19. The van der Waals surface area contributed by atoms with Crippen molar-refractivity contribution in [2.24, 2.45) is 0 Å². The number of benzene rings is 1. The van der Waals surface area contributed by atoms with Crippen molar-refractivity contribution in [2.75, 3.05) is 13.1 Å². The van der Waals surface area contributed by atoms with Crippen molar-refractivity contribution in [1.82, 2.24) is 15.2 Å². The van der Waals surface area contributed by atoms with E-state index in [9.17, 15) is 9.18 Å². The lowest BCUT2D eigenvalue weighted by Crippen LogP contribution is -2.47. The zero-order chi connectivity index (χ0) is 17.4. The molecule has 4 nitrogen and oxygen atoms in total. The molecule has 1 aliphatic heterocycles. The summed E-state index contributed by atoms with van der Waals surface area (Å²) in [5.74, 6) is -0.206. The fourth-order valence-corrected chi connectivity index (χ4v) is 2.22. The van der Waals surface area contributed by atoms with Gasteiger partial charge in [0.25, 0.3) is 0 Å². The molecule has 1 aromatic carbocycles. The zero-order valence-electron chi connectivity index (χ0n) is 14.8. The highest BCUT2D eigenvalue weighted by atomic mass is 19.1. The third-order valence-electron chi connectivity index (χ3n) is 3.53. The Labute approximate surface area is 138 Å². The molecule has 0 unspecified atom stereocenters. The minimum atomic E-state index is -0.206. The maximum absolute atomic E-state index is 13.4. The van der Waals surface area contributed by atoms with Gasteiger partial charge in [-0.3, -0.25) is 0 Å². The van der Waals surface area contributed by atoms with E-state index in [1.54, 1.807) is 17.9 Å². The maximum atomic E-state index is 13.4. The van der Waals surface area contributed by atoms with Crippen LogP contribution >= 0.6 is 0 Å². The van der Waals surface area contributed by atoms with Gasteiger partial charge in [0.05, 0.1) is 6.54 Å². The second-order valence-corrected chi connectivity index (χ2v) is 4.98. The van der Waals surface area contributed by atoms with E-state index in [-0.39, 0.29) is 11.8 Å². The number of nitrogens with one attached hydrogen (secondary N) is 2. The lowest BCUT2D eigenvalue weighted by Gasteiger charge is -2.30. The Morgan fingerprint density at radius 2 is 1.87 bits per heavy atom. The van der Waals surface area contributed by atoms with Crippen LogP contribution in [0.15, 0.2) is 18.2 Å². The van der Waals surface area contributed by atoms with Gasteiger partial charge in [-0.1, -0.05) is 27.7 Å². The molecule has 2 heterocycles. The normalized spacial score (nSPS) is 12.5. The van der Waals surface area contributed by atoms with Crippen molar-refractivity contribution in [3.63, 3.8) is 0 Å². The van der Waals surface area contributed by atoms with Gasteiger partial charge in [-0.05, 0) is 37.1 Å². The summed E-state index contributed by atoms with van der Waals surface area (Å²) in [7, 11) is 0. The van der Waals surface area contributed by atoms with Crippen LogP contribution in [0.4, 0.5) is 9.18 Å². The van der Waals surface area contributed by atoms with Gasteiger partial charge in [0, 0.05) is 29.7 Å². The summed E-state index contributed by atoms with van der Waals surface area (Å²) in [6.07, 6.45) is 1.08. The van der Waals surface area contributed by atoms with Crippen LogP contribution in [0.25, 0.3) is 10.9 Å². The Hall–Kier alpha value is -2.04. The summed E-state index contributed by atoms with van der Waals surface area (Å²) < 4.78 is 13.4. The number of carbonyl (C=O) groups excluding carboxylic acids is 1. The number of amides is 2. The van der Waals surface area contributed by atoms with Crippen LogP contribution < -0.4 is 5.32 Å².